The Bertz CT molecular complexity index is 368. The highest BCUT2D eigenvalue weighted by atomic mass is 32.1. The number of nitrogens with one attached hydrogen (secondary N) is 2. The van der Waals surface area contributed by atoms with Gasteiger partial charge in [0.2, 0.25) is 0 Å². The number of hydrogen-bond acceptors (Lipinski definition) is 2. The molecule has 0 atom stereocenters. The van der Waals surface area contributed by atoms with Crippen molar-refractivity contribution in [2.75, 3.05) is 0 Å². The van der Waals surface area contributed by atoms with E-state index < -0.39 is 0 Å². The standard InChI is InChI=1S/C12H20N4S/c1-2-16-11(7-8-14-16)9-13-12(17)15-10-5-3-4-6-10/h7-8,10H,2-6,9H2,1H3,(H2,13,15,17). The maximum Gasteiger partial charge on any atom is 0.166 e. The van der Waals surface area contributed by atoms with Crippen LogP contribution in [0.3, 0.4) is 0 Å². The summed E-state index contributed by atoms with van der Waals surface area (Å²) in [6.07, 6.45) is 6.96. The minimum Gasteiger partial charge on any atom is -0.360 e. The zero-order valence-corrected chi connectivity index (χ0v) is 11.1. The van der Waals surface area contributed by atoms with Gasteiger partial charge in [-0.25, -0.2) is 0 Å². The first-order valence-electron chi connectivity index (χ1n) is 6.34. The molecular formula is C12H20N4S. The van der Waals surface area contributed by atoms with E-state index in [0.29, 0.717) is 6.04 Å². The van der Waals surface area contributed by atoms with Crippen LogP contribution >= 0.6 is 12.2 Å². The first-order chi connectivity index (χ1) is 8.29. The Hall–Kier alpha value is -1.10. The summed E-state index contributed by atoms with van der Waals surface area (Å²) in [6.45, 7) is 3.73. The molecule has 0 unspecified atom stereocenters. The summed E-state index contributed by atoms with van der Waals surface area (Å²) in [4.78, 5) is 0. The van der Waals surface area contributed by atoms with Crippen molar-refractivity contribution in [1.82, 2.24) is 20.4 Å². The van der Waals surface area contributed by atoms with Crippen molar-refractivity contribution in [3.05, 3.63) is 18.0 Å². The molecular weight excluding hydrogens is 232 g/mol. The van der Waals surface area contributed by atoms with Crippen molar-refractivity contribution in [1.29, 1.82) is 0 Å². The second-order valence-corrected chi connectivity index (χ2v) is 4.85. The van der Waals surface area contributed by atoms with Gasteiger partial charge in [-0.05, 0) is 38.0 Å². The minimum atomic E-state index is 0.575. The van der Waals surface area contributed by atoms with Crippen LogP contribution in [-0.2, 0) is 13.1 Å². The van der Waals surface area contributed by atoms with E-state index in [1.165, 1.54) is 31.4 Å². The first-order valence-corrected chi connectivity index (χ1v) is 6.75. The maximum atomic E-state index is 5.29. The summed E-state index contributed by atoms with van der Waals surface area (Å²) in [5, 5.41) is 11.6. The van der Waals surface area contributed by atoms with Crippen LogP contribution in [0.15, 0.2) is 12.3 Å². The van der Waals surface area contributed by atoms with E-state index in [1.54, 1.807) is 0 Å². The monoisotopic (exact) mass is 252 g/mol. The predicted molar refractivity (Wildman–Crippen MR) is 72.7 cm³/mol. The van der Waals surface area contributed by atoms with Crippen LogP contribution in [0.5, 0.6) is 0 Å². The van der Waals surface area contributed by atoms with Crippen LogP contribution < -0.4 is 10.6 Å². The largest absolute Gasteiger partial charge is 0.360 e. The van der Waals surface area contributed by atoms with Gasteiger partial charge < -0.3 is 10.6 Å². The average Bonchev–Trinajstić information content (AvgIpc) is 2.96. The summed E-state index contributed by atoms with van der Waals surface area (Å²) in [5.41, 5.74) is 1.17. The van der Waals surface area contributed by atoms with Crippen molar-refractivity contribution in [3.8, 4) is 0 Å². The van der Waals surface area contributed by atoms with Crippen LogP contribution in [0.4, 0.5) is 0 Å². The lowest BCUT2D eigenvalue weighted by Gasteiger charge is -2.15. The van der Waals surface area contributed by atoms with Crippen LogP contribution in [0.25, 0.3) is 0 Å². The van der Waals surface area contributed by atoms with E-state index in [-0.39, 0.29) is 0 Å². The fraction of sp³-hybridized carbons (Fsp3) is 0.667. The number of thiocarbonyl (C=S) groups is 1. The predicted octanol–water partition coefficient (Wildman–Crippen LogP) is 1.81. The molecule has 0 saturated heterocycles. The van der Waals surface area contributed by atoms with Crippen LogP contribution in [0, 0.1) is 0 Å². The molecule has 0 aliphatic heterocycles. The van der Waals surface area contributed by atoms with Gasteiger partial charge in [-0.2, -0.15) is 5.10 Å². The maximum absolute atomic E-state index is 5.29. The van der Waals surface area contributed by atoms with Crippen LogP contribution in [0.1, 0.15) is 38.3 Å². The SMILES string of the molecule is CCn1nccc1CNC(=S)NC1CCCC1. The van der Waals surface area contributed by atoms with Crippen molar-refractivity contribution >= 4 is 17.3 Å². The molecule has 1 aliphatic carbocycles. The zero-order valence-electron chi connectivity index (χ0n) is 10.3. The Kier molecular flexibility index (Phi) is 4.36. The van der Waals surface area contributed by atoms with Crippen molar-refractivity contribution < 1.29 is 0 Å². The topological polar surface area (TPSA) is 41.9 Å². The third kappa shape index (κ3) is 3.43. The number of hydrogen-bond donors (Lipinski definition) is 2. The Morgan fingerprint density at radius 1 is 1.53 bits per heavy atom. The summed E-state index contributed by atoms with van der Waals surface area (Å²) < 4.78 is 1.98. The molecule has 5 heteroatoms. The Labute approximate surface area is 108 Å². The van der Waals surface area contributed by atoms with Crippen LogP contribution in [-0.4, -0.2) is 20.9 Å². The van der Waals surface area contributed by atoms with Crippen molar-refractivity contribution in [2.24, 2.45) is 0 Å². The first kappa shape index (κ1) is 12.4. The number of aromatic nitrogens is 2. The second-order valence-electron chi connectivity index (χ2n) is 4.45. The average molecular weight is 252 g/mol. The van der Waals surface area contributed by atoms with E-state index >= 15 is 0 Å². The molecule has 1 aromatic rings. The third-order valence-corrected chi connectivity index (χ3v) is 3.49. The van der Waals surface area contributed by atoms with Gasteiger partial charge in [0.25, 0.3) is 0 Å². The molecule has 0 bridgehead atoms. The molecule has 17 heavy (non-hydrogen) atoms. The van der Waals surface area contributed by atoms with Gasteiger partial charge in [-0.15, -0.1) is 0 Å². The molecule has 0 amide bonds. The highest BCUT2D eigenvalue weighted by molar-refractivity contribution is 7.80. The lowest BCUT2D eigenvalue weighted by atomic mass is 10.3. The van der Waals surface area contributed by atoms with Gasteiger partial charge in [0, 0.05) is 18.8 Å². The summed E-state index contributed by atoms with van der Waals surface area (Å²) in [7, 11) is 0. The molecule has 0 radical (unpaired) electrons. The van der Waals surface area contributed by atoms with Gasteiger partial charge in [-0.1, -0.05) is 12.8 Å². The fourth-order valence-corrected chi connectivity index (χ4v) is 2.51. The fourth-order valence-electron chi connectivity index (χ4n) is 2.27. The molecule has 0 aromatic carbocycles. The number of aryl methyl sites for hydroxylation is 1. The molecule has 1 heterocycles. The number of rotatable bonds is 4. The van der Waals surface area contributed by atoms with Crippen molar-refractivity contribution in [2.45, 2.75) is 51.7 Å². The van der Waals surface area contributed by atoms with Gasteiger partial charge in [-0.3, -0.25) is 4.68 Å². The van der Waals surface area contributed by atoms with E-state index in [0.717, 1.165) is 18.2 Å². The normalized spacial score (nSPS) is 16.1. The van der Waals surface area contributed by atoms with Crippen LogP contribution in [0.2, 0.25) is 0 Å². The molecule has 1 aromatic heterocycles. The molecule has 1 aliphatic rings. The van der Waals surface area contributed by atoms with Gasteiger partial charge in [0.15, 0.2) is 5.11 Å². The third-order valence-electron chi connectivity index (χ3n) is 3.22. The quantitative estimate of drug-likeness (QED) is 0.802. The molecule has 94 valence electrons. The minimum absolute atomic E-state index is 0.575. The van der Waals surface area contributed by atoms with Crippen molar-refractivity contribution in [3.63, 3.8) is 0 Å². The lowest BCUT2D eigenvalue weighted by Crippen LogP contribution is -2.40. The Morgan fingerprint density at radius 3 is 3.00 bits per heavy atom. The molecule has 2 rings (SSSR count). The highest BCUT2D eigenvalue weighted by Crippen LogP contribution is 2.17. The summed E-state index contributed by atoms with van der Waals surface area (Å²) >= 11 is 5.29. The highest BCUT2D eigenvalue weighted by Gasteiger charge is 2.15. The Balaban J connectivity index is 1.75. The van der Waals surface area contributed by atoms with Gasteiger partial charge in [0.1, 0.15) is 0 Å². The Morgan fingerprint density at radius 2 is 2.29 bits per heavy atom. The molecule has 2 N–H and O–H groups in total. The van der Waals surface area contributed by atoms with E-state index in [1.807, 2.05) is 16.9 Å². The van der Waals surface area contributed by atoms with E-state index in [2.05, 4.69) is 22.7 Å². The molecule has 1 fully saturated rings. The smallest absolute Gasteiger partial charge is 0.166 e. The summed E-state index contributed by atoms with van der Waals surface area (Å²) in [5.74, 6) is 0. The van der Waals surface area contributed by atoms with E-state index in [4.69, 9.17) is 12.2 Å². The zero-order chi connectivity index (χ0) is 12.1. The second kappa shape index (κ2) is 6.00. The lowest BCUT2D eigenvalue weighted by molar-refractivity contribution is 0.598. The molecule has 1 saturated carbocycles. The van der Waals surface area contributed by atoms with Gasteiger partial charge >= 0.3 is 0 Å². The molecule has 4 nitrogen and oxygen atoms in total. The number of nitrogens with zero attached hydrogens (tertiary/aromatic N) is 2. The summed E-state index contributed by atoms with van der Waals surface area (Å²) in [6, 6.07) is 2.60. The van der Waals surface area contributed by atoms with E-state index in [9.17, 15) is 0 Å². The molecule has 0 spiro atoms. The van der Waals surface area contributed by atoms with Gasteiger partial charge in [0.05, 0.1) is 12.2 Å².